The molecule has 0 fully saturated rings. The Hall–Kier alpha value is -2.31. The Morgan fingerprint density at radius 3 is 2.93 bits per heavy atom. The lowest BCUT2D eigenvalue weighted by atomic mass is 10.0. The average Bonchev–Trinajstić information content (AvgIpc) is 3.23. The van der Waals surface area contributed by atoms with Gasteiger partial charge in [-0.3, -0.25) is 4.79 Å². The lowest BCUT2D eigenvalue weighted by Gasteiger charge is -2.13. The molecule has 0 saturated carbocycles. The number of carbonyl (C=O) groups is 1. The van der Waals surface area contributed by atoms with Crippen molar-refractivity contribution in [2.75, 3.05) is 32.6 Å². The van der Waals surface area contributed by atoms with E-state index in [1.54, 1.807) is 0 Å². The number of rotatable bonds is 5. The molecule has 2 aromatic carbocycles. The minimum absolute atomic E-state index is 0.0439. The Balaban J connectivity index is 1.54. The molecule has 0 radical (unpaired) electrons. The predicted molar refractivity (Wildman–Crippen MR) is 111 cm³/mol. The van der Waals surface area contributed by atoms with Crippen LogP contribution in [0.3, 0.4) is 0 Å². The van der Waals surface area contributed by atoms with Crippen LogP contribution < -0.4 is 10.1 Å². The van der Waals surface area contributed by atoms with Crippen molar-refractivity contribution < 1.29 is 9.53 Å². The van der Waals surface area contributed by atoms with Crippen LogP contribution in [0.2, 0.25) is 0 Å². The SMILES string of the molecule is CN(C)CCn1ccc2ccc(NC(=O)C3COc4ccc(Br)cc43)cc21. The van der Waals surface area contributed by atoms with Crippen molar-refractivity contribution in [1.82, 2.24) is 9.47 Å². The number of hydrogen-bond acceptors (Lipinski definition) is 3. The monoisotopic (exact) mass is 427 g/mol. The van der Waals surface area contributed by atoms with Gasteiger partial charge in [0.15, 0.2) is 0 Å². The van der Waals surface area contributed by atoms with Crippen LogP contribution in [0, 0.1) is 0 Å². The van der Waals surface area contributed by atoms with Crippen LogP contribution in [0.15, 0.2) is 53.1 Å². The lowest BCUT2D eigenvalue weighted by Crippen LogP contribution is -2.22. The second-order valence-electron chi connectivity index (χ2n) is 7.12. The molecule has 1 atom stereocenters. The molecule has 5 nitrogen and oxygen atoms in total. The first-order valence-electron chi connectivity index (χ1n) is 8.98. The zero-order valence-corrected chi connectivity index (χ0v) is 17.0. The number of ether oxygens (including phenoxy) is 1. The topological polar surface area (TPSA) is 46.5 Å². The van der Waals surface area contributed by atoms with Gasteiger partial charge in [-0.1, -0.05) is 22.0 Å². The highest BCUT2D eigenvalue weighted by Crippen LogP contribution is 2.36. The number of hydrogen-bond donors (Lipinski definition) is 1. The zero-order valence-electron chi connectivity index (χ0n) is 15.4. The summed E-state index contributed by atoms with van der Waals surface area (Å²) in [5.74, 6) is 0.442. The number of nitrogens with zero attached hydrogens (tertiary/aromatic N) is 2. The van der Waals surface area contributed by atoms with E-state index in [1.165, 1.54) is 5.39 Å². The molecule has 1 aliphatic rings. The number of benzene rings is 2. The average molecular weight is 428 g/mol. The van der Waals surface area contributed by atoms with Crippen LogP contribution >= 0.6 is 15.9 Å². The Morgan fingerprint density at radius 1 is 1.26 bits per heavy atom. The fourth-order valence-electron chi connectivity index (χ4n) is 3.40. The van der Waals surface area contributed by atoms with E-state index in [9.17, 15) is 4.79 Å². The van der Waals surface area contributed by atoms with E-state index in [1.807, 2.05) is 36.4 Å². The van der Waals surface area contributed by atoms with Crippen LogP contribution in [0.5, 0.6) is 5.75 Å². The highest BCUT2D eigenvalue weighted by Gasteiger charge is 2.30. The second kappa shape index (κ2) is 7.37. The molecule has 0 spiro atoms. The first-order valence-corrected chi connectivity index (χ1v) is 9.77. The number of amides is 1. The van der Waals surface area contributed by atoms with Crippen LogP contribution in [0.25, 0.3) is 10.9 Å². The van der Waals surface area contributed by atoms with Crippen molar-refractivity contribution in [3.63, 3.8) is 0 Å². The van der Waals surface area contributed by atoms with Crippen LogP contribution in [0.4, 0.5) is 5.69 Å². The van der Waals surface area contributed by atoms with E-state index in [-0.39, 0.29) is 11.8 Å². The zero-order chi connectivity index (χ0) is 19.0. The van der Waals surface area contributed by atoms with Gasteiger partial charge in [-0.15, -0.1) is 0 Å². The number of carbonyl (C=O) groups excluding carboxylic acids is 1. The lowest BCUT2D eigenvalue weighted by molar-refractivity contribution is -0.117. The van der Waals surface area contributed by atoms with Crippen LogP contribution in [0.1, 0.15) is 11.5 Å². The summed E-state index contributed by atoms with van der Waals surface area (Å²) in [5, 5.41) is 4.23. The summed E-state index contributed by atoms with van der Waals surface area (Å²) in [5.41, 5.74) is 2.86. The number of aromatic nitrogens is 1. The third-order valence-electron chi connectivity index (χ3n) is 4.90. The van der Waals surface area contributed by atoms with Gasteiger partial charge in [0, 0.05) is 35.0 Å². The van der Waals surface area contributed by atoms with E-state index in [0.29, 0.717) is 6.61 Å². The van der Waals surface area contributed by atoms with Gasteiger partial charge < -0.3 is 19.5 Å². The van der Waals surface area contributed by atoms with Crippen molar-refractivity contribution in [2.45, 2.75) is 12.5 Å². The maximum atomic E-state index is 12.8. The molecule has 6 heteroatoms. The Bertz CT molecular complexity index is 996. The Kier molecular flexibility index (Phi) is 4.93. The van der Waals surface area contributed by atoms with E-state index in [0.717, 1.165) is 40.1 Å². The van der Waals surface area contributed by atoms with Gasteiger partial charge in [-0.25, -0.2) is 0 Å². The molecule has 2 heterocycles. The standard InChI is InChI=1S/C21H22BrN3O2/c1-24(2)9-10-25-8-7-14-3-5-16(12-19(14)25)23-21(26)18-13-27-20-6-4-15(22)11-17(18)20/h3-8,11-12,18H,9-10,13H2,1-2H3,(H,23,26). The molecule has 140 valence electrons. The molecule has 4 rings (SSSR count). The van der Waals surface area contributed by atoms with Gasteiger partial charge in [-0.05, 0) is 55.9 Å². The summed E-state index contributed by atoms with van der Waals surface area (Å²) in [7, 11) is 4.13. The van der Waals surface area contributed by atoms with Gasteiger partial charge in [-0.2, -0.15) is 0 Å². The fraction of sp³-hybridized carbons (Fsp3) is 0.286. The summed E-state index contributed by atoms with van der Waals surface area (Å²) < 4.78 is 8.83. The van der Waals surface area contributed by atoms with Gasteiger partial charge in [0.1, 0.15) is 18.3 Å². The molecule has 1 unspecified atom stereocenters. The van der Waals surface area contributed by atoms with Crippen molar-refractivity contribution >= 4 is 38.4 Å². The molecule has 27 heavy (non-hydrogen) atoms. The molecule has 1 amide bonds. The highest BCUT2D eigenvalue weighted by atomic mass is 79.9. The largest absolute Gasteiger partial charge is 0.492 e. The van der Waals surface area contributed by atoms with E-state index < -0.39 is 0 Å². The fourth-order valence-corrected chi connectivity index (χ4v) is 3.78. The normalized spacial score (nSPS) is 15.8. The van der Waals surface area contributed by atoms with Gasteiger partial charge in [0.25, 0.3) is 0 Å². The molecule has 0 bridgehead atoms. The molecule has 0 aliphatic carbocycles. The van der Waals surface area contributed by atoms with Gasteiger partial charge in [0.2, 0.25) is 5.91 Å². The second-order valence-corrected chi connectivity index (χ2v) is 8.04. The van der Waals surface area contributed by atoms with Crippen molar-refractivity contribution in [1.29, 1.82) is 0 Å². The van der Waals surface area contributed by atoms with Crippen molar-refractivity contribution in [2.24, 2.45) is 0 Å². The summed E-state index contributed by atoms with van der Waals surface area (Å²) in [6.07, 6.45) is 2.10. The third kappa shape index (κ3) is 3.73. The Labute approximate surface area is 167 Å². The third-order valence-corrected chi connectivity index (χ3v) is 5.39. The summed E-state index contributed by atoms with van der Waals surface area (Å²) in [4.78, 5) is 15.0. The van der Waals surface area contributed by atoms with Crippen LogP contribution in [-0.4, -0.2) is 42.6 Å². The molecule has 1 N–H and O–H groups in total. The molecule has 3 aromatic rings. The van der Waals surface area contributed by atoms with Crippen molar-refractivity contribution in [3.8, 4) is 5.75 Å². The maximum Gasteiger partial charge on any atom is 0.235 e. The Morgan fingerprint density at radius 2 is 2.11 bits per heavy atom. The number of fused-ring (bicyclic) bond motifs is 2. The first-order chi connectivity index (χ1) is 13.0. The minimum Gasteiger partial charge on any atom is -0.492 e. The first kappa shape index (κ1) is 18.1. The van der Waals surface area contributed by atoms with E-state index >= 15 is 0 Å². The number of anilines is 1. The molecular weight excluding hydrogens is 406 g/mol. The van der Waals surface area contributed by atoms with Gasteiger partial charge >= 0.3 is 0 Å². The molecule has 0 saturated heterocycles. The molecular formula is C21H22BrN3O2. The molecule has 1 aliphatic heterocycles. The van der Waals surface area contributed by atoms with E-state index in [2.05, 4.69) is 57.1 Å². The number of likely N-dealkylation sites (N-methyl/N-ethyl adjacent to an activating group) is 1. The van der Waals surface area contributed by atoms with E-state index in [4.69, 9.17) is 4.74 Å². The minimum atomic E-state index is -0.297. The van der Waals surface area contributed by atoms with Crippen LogP contribution in [-0.2, 0) is 11.3 Å². The highest BCUT2D eigenvalue weighted by molar-refractivity contribution is 9.10. The smallest absolute Gasteiger partial charge is 0.235 e. The maximum absolute atomic E-state index is 12.8. The number of halogens is 1. The van der Waals surface area contributed by atoms with Crippen molar-refractivity contribution in [3.05, 3.63) is 58.7 Å². The predicted octanol–water partition coefficient (Wildman–Crippen LogP) is 4.08. The molecule has 1 aromatic heterocycles. The summed E-state index contributed by atoms with van der Waals surface area (Å²) in [6, 6.07) is 13.9. The quantitative estimate of drug-likeness (QED) is 0.666. The van der Waals surface area contributed by atoms with Gasteiger partial charge in [0.05, 0.1) is 5.52 Å². The summed E-state index contributed by atoms with van der Waals surface area (Å²) in [6.45, 7) is 2.25. The summed E-state index contributed by atoms with van der Waals surface area (Å²) >= 11 is 3.47. The number of nitrogens with one attached hydrogen (secondary N) is 1.